The zero-order valence-electron chi connectivity index (χ0n) is 14.6. The minimum atomic E-state index is -0.577. The Bertz CT molecular complexity index is 717. The van der Waals surface area contributed by atoms with E-state index in [4.69, 9.17) is 0 Å². The molecule has 0 spiro atoms. The number of carbonyl (C=O) groups is 1. The fraction of sp³-hybridized carbons (Fsp3) is 0.450. The topological polar surface area (TPSA) is 92.5 Å². The van der Waals surface area contributed by atoms with Crippen LogP contribution >= 0.6 is 0 Å². The molecule has 2 aliphatic carbocycles. The predicted molar refractivity (Wildman–Crippen MR) is 99.8 cm³/mol. The van der Waals surface area contributed by atoms with Crippen LogP contribution < -0.4 is 5.32 Å². The lowest BCUT2D eigenvalue weighted by molar-refractivity contribution is -0.384. The second kappa shape index (κ2) is 8.17. The number of hydrogen-bond donors (Lipinski definition) is 2. The van der Waals surface area contributed by atoms with Crippen LogP contribution in [0, 0.1) is 27.9 Å². The van der Waals surface area contributed by atoms with Crippen molar-refractivity contribution in [2.24, 2.45) is 17.8 Å². The number of phenols is 1. The molecule has 2 unspecified atom stereocenters. The molecule has 138 valence electrons. The third-order valence-electron chi connectivity index (χ3n) is 5.25. The van der Waals surface area contributed by atoms with Crippen LogP contribution in [0.25, 0.3) is 0 Å². The van der Waals surface area contributed by atoms with Crippen LogP contribution in [0.3, 0.4) is 0 Å². The number of non-ortho nitro benzene ring substituents is 1. The quantitative estimate of drug-likeness (QED) is 0.359. The molecule has 0 heterocycles. The van der Waals surface area contributed by atoms with E-state index in [-0.39, 0.29) is 28.9 Å². The highest BCUT2D eigenvalue weighted by molar-refractivity contribution is 5.96. The fourth-order valence-corrected chi connectivity index (χ4v) is 3.82. The van der Waals surface area contributed by atoms with E-state index in [1.807, 2.05) is 0 Å². The Labute approximate surface area is 152 Å². The van der Waals surface area contributed by atoms with Crippen molar-refractivity contribution in [3.8, 4) is 5.75 Å². The highest BCUT2D eigenvalue weighted by atomic mass is 16.6. The lowest BCUT2D eigenvalue weighted by atomic mass is 10.1. The summed E-state index contributed by atoms with van der Waals surface area (Å²) >= 11 is 0. The second-order valence-electron chi connectivity index (χ2n) is 6.98. The number of nitro benzene ring substituents is 1. The molecule has 1 saturated carbocycles. The summed E-state index contributed by atoms with van der Waals surface area (Å²) in [6, 6.07) is 3.72. The zero-order valence-corrected chi connectivity index (χ0v) is 14.6. The summed E-state index contributed by atoms with van der Waals surface area (Å²) in [6.07, 6.45) is 14.9. The number of allylic oxidation sites excluding steroid dienone is 4. The number of amides is 1. The Morgan fingerprint density at radius 2 is 1.62 bits per heavy atom. The van der Waals surface area contributed by atoms with Crippen LogP contribution in [0.1, 0.15) is 38.5 Å². The molecule has 2 aliphatic rings. The predicted octanol–water partition coefficient (Wildman–Crippen LogP) is 4.57. The number of carbonyl (C=O) groups excluding carboxylic acids is 1. The van der Waals surface area contributed by atoms with Gasteiger partial charge in [0.15, 0.2) is 0 Å². The van der Waals surface area contributed by atoms with Crippen molar-refractivity contribution in [1.82, 2.24) is 0 Å². The molecule has 2 atom stereocenters. The summed E-state index contributed by atoms with van der Waals surface area (Å²) in [6.45, 7) is 0. The van der Waals surface area contributed by atoms with Gasteiger partial charge in [0.25, 0.3) is 5.69 Å². The molecule has 1 amide bonds. The molecule has 0 aliphatic heterocycles. The molecule has 1 fully saturated rings. The molecule has 0 saturated heterocycles. The number of anilines is 1. The highest BCUT2D eigenvalue weighted by Crippen LogP contribution is 2.52. The van der Waals surface area contributed by atoms with Crippen molar-refractivity contribution in [3.05, 3.63) is 52.6 Å². The lowest BCUT2D eigenvalue weighted by Gasteiger charge is -2.07. The van der Waals surface area contributed by atoms with E-state index >= 15 is 0 Å². The maximum Gasteiger partial charge on any atom is 0.273 e. The fourth-order valence-electron chi connectivity index (χ4n) is 3.82. The standard InChI is InChI=1S/C20H24N2O4/c23-18-13-14(22(25)26)11-12-17(18)21-20(24)19-15-9-7-5-3-1-2-4-6-8-10-16(15)19/h3-6,11-13,15-16,19,23H,1-2,7-10H2,(H,21,24). The summed E-state index contributed by atoms with van der Waals surface area (Å²) in [5.74, 6) is 0.303. The van der Waals surface area contributed by atoms with E-state index in [0.717, 1.165) is 44.6 Å². The first-order valence-electron chi connectivity index (χ1n) is 9.16. The van der Waals surface area contributed by atoms with E-state index in [2.05, 4.69) is 29.6 Å². The van der Waals surface area contributed by atoms with Gasteiger partial charge in [-0.25, -0.2) is 0 Å². The molecule has 2 N–H and O–H groups in total. The highest BCUT2D eigenvalue weighted by Gasteiger charge is 2.52. The first kappa shape index (κ1) is 18.2. The van der Waals surface area contributed by atoms with Gasteiger partial charge in [0, 0.05) is 12.0 Å². The molecule has 3 rings (SSSR count). The molecule has 6 nitrogen and oxygen atoms in total. The average Bonchev–Trinajstić information content (AvgIpc) is 3.29. The first-order valence-corrected chi connectivity index (χ1v) is 9.16. The number of phenolic OH excluding ortho intramolecular Hbond substituents is 1. The van der Waals surface area contributed by atoms with E-state index < -0.39 is 4.92 Å². The van der Waals surface area contributed by atoms with Crippen LogP contribution in [0.15, 0.2) is 42.5 Å². The summed E-state index contributed by atoms with van der Waals surface area (Å²) in [7, 11) is 0. The van der Waals surface area contributed by atoms with Crippen molar-refractivity contribution in [2.45, 2.75) is 38.5 Å². The zero-order chi connectivity index (χ0) is 18.5. The van der Waals surface area contributed by atoms with E-state index in [9.17, 15) is 20.0 Å². The van der Waals surface area contributed by atoms with Crippen LogP contribution in [0.2, 0.25) is 0 Å². The minimum Gasteiger partial charge on any atom is -0.506 e. The number of rotatable bonds is 3. The molecule has 1 aromatic carbocycles. The smallest absolute Gasteiger partial charge is 0.273 e. The van der Waals surface area contributed by atoms with Gasteiger partial charge in [-0.15, -0.1) is 0 Å². The summed E-state index contributed by atoms with van der Waals surface area (Å²) in [4.78, 5) is 22.8. The third kappa shape index (κ3) is 4.31. The second-order valence-corrected chi connectivity index (χ2v) is 6.98. The van der Waals surface area contributed by atoms with Gasteiger partial charge in [-0.2, -0.15) is 0 Å². The third-order valence-corrected chi connectivity index (χ3v) is 5.25. The Hall–Kier alpha value is -2.63. The van der Waals surface area contributed by atoms with Gasteiger partial charge in [-0.1, -0.05) is 24.3 Å². The van der Waals surface area contributed by atoms with Gasteiger partial charge in [-0.05, 0) is 56.4 Å². The normalized spacial score (nSPS) is 25.5. The van der Waals surface area contributed by atoms with Crippen LogP contribution in [0.5, 0.6) is 5.75 Å². The van der Waals surface area contributed by atoms with E-state index in [1.165, 1.54) is 12.1 Å². The number of nitrogens with one attached hydrogen (secondary N) is 1. The van der Waals surface area contributed by atoms with Crippen LogP contribution in [-0.2, 0) is 4.79 Å². The number of benzene rings is 1. The number of fused-ring (bicyclic) bond motifs is 1. The van der Waals surface area contributed by atoms with Gasteiger partial charge < -0.3 is 10.4 Å². The SMILES string of the molecule is O=C(Nc1ccc([N+](=O)[O-])cc1O)C1C2CCC=CCCC=CCCC21. The van der Waals surface area contributed by atoms with Crippen molar-refractivity contribution in [2.75, 3.05) is 5.32 Å². The van der Waals surface area contributed by atoms with Gasteiger partial charge in [0.2, 0.25) is 5.91 Å². The van der Waals surface area contributed by atoms with E-state index in [0.29, 0.717) is 11.8 Å². The molecule has 1 aromatic rings. The summed E-state index contributed by atoms with van der Waals surface area (Å²) in [5.41, 5.74) is 0.0227. The Kier molecular flexibility index (Phi) is 5.71. The molecule has 0 radical (unpaired) electrons. The summed E-state index contributed by atoms with van der Waals surface area (Å²) < 4.78 is 0. The maximum atomic E-state index is 12.7. The van der Waals surface area contributed by atoms with Crippen LogP contribution in [-0.4, -0.2) is 15.9 Å². The Balaban J connectivity index is 1.65. The number of aromatic hydroxyl groups is 1. The molecule has 26 heavy (non-hydrogen) atoms. The van der Waals surface area contributed by atoms with Crippen molar-refractivity contribution < 1.29 is 14.8 Å². The van der Waals surface area contributed by atoms with Crippen molar-refractivity contribution in [1.29, 1.82) is 0 Å². The van der Waals surface area contributed by atoms with Gasteiger partial charge in [0.05, 0.1) is 16.7 Å². The molecule has 6 heteroatoms. The number of nitro groups is 1. The largest absolute Gasteiger partial charge is 0.506 e. The Morgan fingerprint density at radius 1 is 1.04 bits per heavy atom. The van der Waals surface area contributed by atoms with E-state index in [1.54, 1.807) is 0 Å². The van der Waals surface area contributed by atoms with Gasteiger partial charge >= 0.3 is 0 Å². The molecular weight excluding hydrogens is 332 g/mol. The summed E-state index contributed by atoms with van der Waals surface area (Å²) in [5, 5.41) is 23.4. The molecule has 0 bridgehead atoms. The van der Waals surface area contributed by atoms with Crippen molar-refractivity contribution >= 4 is 17.3 Å². The maximum absolute atomic E-state index is 12.7. The molecule has 0 aromatic heterocycles. The Morgan fingerprint density at radius 3 is 2.15 bits per heavy atom. The molecular formula is C20H24N2O4. The first-order chi connectivity index (χ1) is 12.6. The number of nitrogens with zero attached hydrogens (tertiary/aromatic N) is 1. The number of hydrogen-bond acceptors (Lipinski definition) is 4. The van der Waals surface area contributed by atoms with Gasteiger partial charge in [-0.3, -0.25) is 14.9 Å². The van der Waals surface area contributed by atoms with Gasteiger partial charge in [0.1, 0.15) is 5.75 Å². The van der Waals surface area contributed by atoms with Crippen LogP contribution in [0.4, 0.5) is 11.4 Å². The minimum absolute atomic E-state index is 0.0489. The monoisotopic (exact) mass is 356 g/mol. The lowest BCUT2D eigenvalue weighted by Crippen LogP contribution is -2.16. The average molecular weight is 356 g/mol. The van der Waals surface area contributed by atoms with Crippen molar-refractivity contribution in [3.63, 3.8) is 0 Å².